The molecule has 0 spiro atoms. The van der Waals surface area contributed by atoms with Crippen LogP contribution in [0.3, 0.4) is 0 Å². The van der Waals surface area contributed by atoms with Crippen molar-refractivity contribution in [3.63, 3.8) is 0 Å². The highest BCUT2D eigenvalue weighted by atomic mass is 32.1. The highest BCUT2D eigenvalue weighted by molar-refractivity contribution is 7.09. The molecule has 0 amide bonds. The normalized spacial score (nSPS) is 23.9. The van der Waals surface area contributed by atoms with E-state index in [1.54, 1.807) is 5.56 Å². The lowest BCUT2D eigenvalue weighted by atomic mass is 9.82. The SMILES string of the molecule is c1ccc(-c2[nH]c3ccccc3c2C2CC3CCC(C2)N3CCc2cccs2)cc1. The topological polar surface area (TPSA) is 19.0 Å². The molecule has 2 aliphatic heterocycles. The third-order valence-electron chi connectivity index (χ3n) is 7.30. The fraction of sp³-hybridized carbons (Fsp3) is 0.333. The molecule has 4 aromatic rings. The molecule has 0 saturated carbocycles. The predicted octanol–water partition coefficient (Wildman–Crippen LogP) is 6.85. The number of nitrogens with zero attached hydrogens (tertiary/aromatic N) is 1. The van der Waals surface area contributed by atoms with Crippen molar-refractivity contribution >= 4 is 22.2 Å². The van der Waals surface area contributed by atoms with E-state index in [-0.39, 0.29) is 0 Å². The number of aromatic amines is 1. The van der Waals surface area contributed by atoms with Gasteiger partial charge in [-0.25, -0.2) is 0 Å². The zero-order chi connectivity index (χ0) is 19.9. The average molecular weight is 413 g/mol. The molecule has 2 nitrogen and oxygen atoms in total. The number of hydrogen-bond donors (Lipinski definition) is 1. The minimum Gasteiger partial charge on any atom is -0.354 e. The van der Waals surface area contributed by atoms with Crippen LogP contribution in [0.1, 0.15) is 42.0 Å². The van der Waals surface area contributed by atoms with Gasteiger partial charge >= 0.3 is 0 Å². The zero-order valence-electron chi connectivity index (χ0n) is 17.3. The van der Waals surface area contributed by atoms with Crippen molar-refractivity contribution in [2.45, 2.75) is 50.1 Å². The van der Waals surface area contributed by atoms with Crippen LogP contribution < -0.4 is 0 Å². The van der Waals surface area contributed by atoms with Crippen molar-refractivity contribution in [1.82, 2.24) is 9.88 Å². The summed E-state index contributed by atoms with van der Waals surface area (Å²) in [6.45, 7) is 1.22. The van der Waals surface area contributed by atoms with Crippen molar-refractivity contribution in [2.24, 2.45) is 0 Å². The van der Waals surface area contributed by atoms with Crippen LogP contribution in [0, 0.1) is 0 Å². The summed E-state index contributed by atoms with van der Waals surface area (Å²) in [4.78, 5) is 8.14. The molecule has 2 atom stereocenters. The van der Waals surface area contributed by atoms with Gasteiger partial charge in [0.1, 0.15) is 0 Å². The van der Waals surface area contributed by atoms with Gasteiger partial charge in [-0.2, -0.15) is 0 Å². The van der Waals surface area contributed by atoms with Gasteiger partial charge in [0, 0.05) is 40.1 Å². The lowest BCUT2D eigenvalue weighted by Gasteiger charge is -2.39. The molecule has 2 aliphatic rings. The first-order valence-corrected chi connectivity index (χ1v) is 12.2. The van der Waals surface area contributed by atoms with Crippen molar-refractivity contribution in [2.75, 3.05) is 6.54 Å². The molecule has 2 bridgehead atoms. The molecule has 2 aromatic carbocycles. The van der Waals surface area contributed by atoms with E-state index in [1.165, 1.54) is 65.7 Å². The number of piperidine rings is 1. The Morgan fingerprint density at radius 1 is 0.867 bits per heavy atom. The Hall–Kier alpha value is -2.36. The minimum atomic E-state index is 0.645. The maximum absolute atomic E-state index is 3.77. The maximum atomic E-state index is 3.77. The molecule has 2 fully saturated rings. The van der Waals surface area contributed by atoms with Crippen LogP contribution in [0.25, 0.3) is 22.2 Å². The predicted molar refractivity (Wildman–Crippen MR) is 127 cm³/mol. The van der Waals surface area contributed by atoms with Crippen LogP contribution in [-0.2, 0) is 6.42 Å². The molecule has 3 heteroatoms. The van der Waals surface area contributed by atoms with Crippen molar-refractivity contribution in [3.05, 3.63) is 82.6 Å². The summed E-state index contributed by atoms with van der Waals surface area (Å²) in [5.41, 5.74) is 5.50. The molecule has 2 unspecified atom stereocenters. The summed E-state index contributed by atoms with van der Waals surface area (Å²) in [7, 11) is 0. The quantitative estimate of drug-likeness (QED) is 0.380. The Labute approximate surface area is 182 Å². The first-order chi connectivity index (χ1) is 14.9. The Balaban J connectivity index is 1.32. The molecule has 2 aromatic heterocycles. The Kier molecular flexibility index (Phi) is 4.74. The number of nitrogens with one attached hydrogen (secondary N) is 1. The summed E-state index contributed by atoms with van der Waals surface area (Å²) in [5, 5.41) is 3.63. The second-order valence-electron chi connectivity index (χ2n) is 8.95. The lowest BCUT2D eigenvalue weighted by Crippen LogP contribution is -2.43. The van der Waals surface area contributed by atoms with E-state index in [0.29, 0.717) is 5.92 Å². The first-order valence-electron chi connectivity index (χ1n) is 11.3. The van der Waals surface area contributed by atoms with Crippen LogP contribution in [0.15, 0.2) is 72.1 Å². The molecular formula is C27H28N2S. The minimum absolute atomic E-state index is 0.645. The van der Waals surface area contributed by atoms with Gasteiger partial charge in [0.05, 0.1) is 0 Å². The van der Waals surface area contributed by atoms with E-state index in [4.69, 9.17) is 0 Å². The standard InChI is InChI=1S/C27H28N2S/c1-2-7-19(8-3-1)27-26(24-10-4-5-11-25(24)28-27)20-17-21-12-13-22(18-20)29(21)15-14-23-9-6-16-30-23/h1-11,16,20-22,28H,12-15,17-18H2. The number of rotatable bonds is 5. The third kappa shape index (κ3) is 3.21. The average Bonchev–Trinajstić information content (AvgIpc) is 3.49. The smallest absolute Gasteiger partial charge is 0.0500 e. The van der Waals surface area contributed by atoms with E-state index < -0.39 is 0 Å². The summed E-state index contributed by atoms with van der Waals surface area (Å²) in [6, 6.07) is 25.8. The summed E-state index contributed by atoms with van der Waals surface area (Å²) >= 11 is 1.90. The van der Waals surface area contributed by atoms with Gasteiger partial charge in [-0.1, -0.05) is 54.6 Å². The molecule has 0 radical (unpaired) electrons. The van der Waals surface area contributed by atoms with Crippen LogP contribution in [-0.4, -0.2) is 28.5 Å². The van der Waals surface area contributed by atoms with E-state index in [0.717, 1.165) is 12.1 Å². The maximum Gasteiger partial charge on any atom is 0.0500 e. The molecule has 30 heavy (non-hydrogen) atoms. The number of para-hydroxylation sites is 1. The van der Waals surface area contributed by atoms with Gasteiger partial charge < -0.3 is 4.98 Å². The second-order valence-corrected chi connectivity index (χ2v) is 9.98. The van der Waals surface area contributed by atoms with Crippen LogP contribution in [0.4, 0.5) is 0 Å². The highest BCUT2D eigenvalue weighted by Crippen LogP contribution is 2.47. The van der Waals surface area contributed by atoms with Crippen LogP contribution in [0.5, 0.6) is 0 Å². The Morgan fingerprint density at radius 2 is 1.63 bits per heavy atom. The van der Waals surface area contributed by atoms with Gasteiger partial charge in [-0.3, -0.25) is 4.90 Å². The fourth-order valence-corrected chi connectivity index (χ4v) is 6.69. The van der Waals surface area contributed by atoms with Crippen LogP contribution >= 0.6 is 11.3 Å². The molecular weight excluding hydrogens is 384 g/mol. The van der Waals surface area contributed by atoms with Gasteiger partial charge in [-0.15, -0.1) is 11.3 Å². The van der Waals surface area contributed by atoms with Gasteiger partial charge in [-0.05, 0) is 66.7 Å². The second kappa shape index (κ2) is 7.72. The zero-order valence-corrected chi connectivity index (χ0v) is 18.1. The Bertz CT molecular complexity index is 1110. The van der Waals surface area contributed by atoms with E-state index in [2.05, 4.69) is 82.0 Å². The van der Waals surface area contributed by atoms with Crippen molar-refractivity contribution in [3.8, 4) is 11.3 Å². The molecule has 6 rings (SSSR count). The van der Waals surface area contributed by atoms with E-state index in [1.807, 2.05) is 11.3 Å². The summed E-state index contributed by atoms with van der Waals surface area (Å²) in [5.74, 6) is 0.645. The number of H-pyrrole nitrogens is 1. The van der Waals surface area contributed by atoms with Crippen molar-refractivity contribution < 1.29 is 0 Å². The van der Waals surface area contributed by atoms with Gasteiger partial charge in [0.15, 0.2) is 0 Å². The van der Waals surface area contributed by atoms with E-state index >= 15 is 0 Å². The molecule has 152 valence electrons. The van der Waals surface area contributed by atoms with Crippen molar-refractivity contribution in [1.29, 1.82) is 0 Å². The molecule has 1 N–H and O–H groups in total. The first kappa shape index (κ1) is 18.4. The number of fused-ring (bicyclic) bond motifs is 3. The summed E-state index contributed by atoms with van der Waals surface area (Å²) < 4.78 is 0. The van der Waals surface area contributed by atoms with Gasteiger partial charge in [0.2, 0.25) is 0 Å². The Morgan fingerprint density at radius 3 is 2.40 bits per heavy atom. The highest BCUT2D eigenvalue weighted by Gasteiger charge is 2.41. The number of hydrogen-bond acceptors (Lipinski definition) is 2. The van der Waals surface area contributed by atoms with E-state index in [9.17, 15) is 0 Å². The van der Waals surface area contributed by atoms with Gasteiger partial charge in [0.25, 0.3) is 0 Å². The monoisotopic (exact) mass is 412 g/mol. The summed E-state index contributed by atoms with van der Waals surface area (Å²) in [6.07, 6.45) is 6.53. The third-order valence-corrected chi connectivity index (χ3v) is 8.23. The fourth-order valence-electron chi connectivity index (χ4n) is 5.99. The van der Waals surface area contributed by atoms with Crippen LogP contribution in [0.2, 0.25) is 0 Å². The number of benzene rings is 2. The molecule has 2 saturated heterocycles. The lowest BCUT2D eigenvalue weighted by molar-refractivity contribution is 0.129. The largest absolute Gasteiger partial charge is 0.354 e. The number of thiophene rings is 1. The molecule has 0 aliphatic carbocycles. The molecule has 4 heterocycles. The number of aromatic nitrogens is 1.